The molecule has 2 bridgehead atoms. The van der Waals surface area contributed by atoms with Crippen molar-refractivity contribution < 1.29 is 14.3 Å². The van der Waals surface area contributed by atoms with Gasteiger partial charge in [-0.25, -0.2) is 0 Å². The molecule has 2 aliphatic carbocycles. The Morgan fingerprint density at radius 3 is 1.72 bits per heavy atom. The van der Waals surface area contributed by atoms with E-state index in [1.54, 1.807) is 12.1 Å². The fourth-order valence-corrected chi connectivity index (χ4v) is 8.24. The molecule has 184 valence electrons. The fourth-order valence-electron chi connectivity index (χ4n) is 6.36. The Kier molecular flexibility index (Phi) is 5.88. The first-order valence-electron chi connectivity index (χ1n) is 12.4. The van der Waals surface area contributed by atoms with Gasteiger partial charge in [-0.3, -0.25) is 14.5 Å². The highest BCUT2D eigenvalue weighted by molar-refractivity contribution is 9.12. The minimum absolute atomic E-state index is 0.0633. The number of anilines is 1. The van der Waals surface area contributed by atoms with Crippen molar-refractivity contribution >= 4 is 49.4 Å². The molecule has 1 aliphatic heterocycles. The van der Waals surface area contributed by atoms with Crippen molar-refractivity contribution in [3.05, 3.63) is 90.0 Å². The first-order chi connectivity index (χ1) is 17.3. The Morgan fingerprint density at radius 2 is 1.19 bits per heavy atom. The van der Waals surface area contributed by atoms with Gasteiger partial charge in [0.1, 0.15) is 11.5 Å². The quantitative estimate of drug-likeness (QED) is 0.229. The third-order valence-electron chi connectivity index (χ3n) is 8.39. The lowest BCUT2D eigenvalue weighted by molar-refractivity contribution is -0.123. The van der Waals surface area contributed by atoms with E-state index >= 15 is 0 Å². The van der Waals surface area contributed by atoms with E-state index < -0.39 is 0 Å². The number of rotatable bonds is 5. The molecule has 1 heterocycles. The van der Waals surface area contributed by atoms with E-state index in [2.05, 4.69) is 82.1 Å². The van der Waals surface area contributed by atoms with Gasteiger partial charge in [0.05, 0.1) is 17.5 Å². The van der Waals surface area contributed by atoms with Crippen molar-refractivity contribution in [3.8, 4) is 11.5 Å². The topological polar surface area (TPSA) is 46.6 Å². The van der Waals surface area contributed by atoms with E-state index in [-0.39, 0.29) is 50.6 Å². The van der Waals surface area contributed by atoms with Crippen molar-refractivity contribution in [2.45, 2.75) is 35.3 Å². The van der Waals surface area contributed by atoms with Gasteiger partial charge in [0.25, 0.3) is 0 Å². The van der Waals surface area contributed by atoms with Crippen LogP contribution in [0, 0.1) is 23.7 Å². The maximum atomic E-state index is 13.3. The number of benzene rings is 3. The highest BCUT2D eigenvalue weighted by Crippen LogP contribution is 2.60. The molecule has 2 amide bonds. The molecule has 3 fully saturated rings. The summed E-state index contributed by atoms with van der Waals surface area (Å²) in [5.74, 6) is 1.27. The number of carbonyl (C=O) groups excluding carboxylic acids is 2. The second kappa shape index (κ2) is 8.84. The van der Waals surface area contributed by atoms with Crippen LogP contribution in [-0.2, 0) is 15.0 Å². The Balaban J connectivity index is 1.17. The SMILES string of the molecule is CC(C)(c1ccccc1)c1ccc(Oc2ccc(N3C(=O)[C@@H]4[C@H]5C[C@@H]([C@H](Br)[C@H]5Br)[C@H]4C3=O)cc2)cc1. The Hall–Kier alpha value is -2.44. The maximum absolute atomic E-state index is 13.3. The molecule has 2 saturated carbocycles. The van der Waals surface area contributed by atoms with Crippen LogP contribution in [0.3, 0.4) is 0 Å². The molecule has 0 N–H and O–H groups in total. The summed E-state index contributed by atoms with van der Waals surface area (Å²) < 4.78 is 6.07. The molecule has 0 aromatic heterocycles. The number of ether oxygens (including phenoxy) is 1. The third kappa shape index (κ3) is 3.67. The summed E-state index contributed by atoms with van der Waals surface area (Å²) in [6.07, 6.45) is 0.931. The average molecular weight is 609 g/mol. The summed E-state index contributed by atoms with van der Waals surface area (Å²) in [5.41, 5.74) is 2.97. The predicted octanol–water partition coefficient (Wildman–Crippen LogP) is 7.09. The normalized spacial score (nSPS) is 29.1. The average Bonchev–Trinajstić information content (AvgIpc) is 3.50. The number of hydrogen-bond donors (Lipinski definition) is 0. The van der Waals surface area contributed by atoms with E-state index in [1.807, 2.05) is 30.3 Å². The lowest BCUT2D eigenvalue weighted by Gasteiger charge is -2.28. The largest absolute Gasteiger partial charge is 0.457 e. The van der Waals surface area contributed by atoms with Gasteiger partial charge in [-0.15, -0.1) is 0 Å². The van der Waals surface area contributed by atoms with Crippen LogP contribution in [0.1, 0.15) is 31.4 Å². The number of alkyl halides is 2. The highest BCUT2D eigenvalue weighted by atomic mass is 79.9. The van der Waals surface area contributed by atoms with Crippen LogP contribution in [0.2, 0.25) is 0 Å². The molecular formula is C30H27Br2NO3. The molecule has 3 aromatic carbocycles. The van der Waals surface area contributed by atoms with E-state index in [9.17, 15) is 9.59 Å². The molecule has 0 radical (unpaired) electrons. The monoisotopic (exact) mass is 607 g/mol. The number of halogens is 2. The number of fused-ring (bicyclic) bond motifs is 5. The van der Waals surface area contributed by atoms with Gasteiger partial charge < -0.3 is 4.74 Å². The molecule has 3 aromatic rings. The van der Waals surface area contributed by atoms with Gasteiger partial charge in [0, 0.05) is 15.1 Å². The molecule has 1 saturated heterocycles. The van der Waals surface area contributed by atoms with Crippen molar-refractivity contribution in [1.82, 2.24) is 0 Å². The molecule has 36 heavy (non-hydrogen) atoms. The van der Waals surface area contributed by atoms with E-state index in [1.165, 1.54) is 16.0 Å². The van der Waals surface area contributed by atoms with Crippen LogP contribution in [-0.4, -0.2) is 21.5 Å². The highest BCUT2D eigenvalue weighted by Gasteiger charge is 2.66. The number of hydrogen-bond acceptors (Lipinski definition) is 3. The number of amides is 2. The van der Waals surface area contributed by atoms with Crippen LogP contribution in [0.4, 0.5) is 5.69 Å². The maximum Gasteiger partial charge on any atom is 0.238 e. The standard InChI is InChI=1S/C30H27Br2NO3/c1-30(2,17-6-4-3-5-7-17)18-8-12-20(13-9-18)36-21-14-10-19(11-15-21)33-28(34)24-22-16-23(25(24)29(33)35)27(32)26(22)31/h3-15,22-27H,16H2,1-2H3/t22-,23-,24-,25-,26+,27+/m1/s1. The fraction of sp³-hybridized carbons (Fsp3) is 0.333. The van der Waals surface area contributed by atoms with Crippen molar-refractivity contribution in [1.29, 1.82) is 0 Å². The Bertz CT molecular complexity index is 1270. The van der Waals surface area contributed by atoms with Crippen molar-refractivity contribution in [2.75, 3.05) is 4.90 Å². The molecule has 6 atom stereocenters. The molecule has 6 heteroatoms. The Morgan fingerprint density at radius 1 is 0.722 bits per heavy atom. The van der Waals surface area contributed by atoms with Gasteiger partial charge in [-0.05, 0) is 65.8 Å². The van der Waals surface area contributed by atoms with Gasteiger partial charge in [-0.2, -0.15) is 0 Å². The molecule has 3 aliphatic rings. The van der Waals surface area contributed by atoms with E-state index in [0.717, 1.165) is 12.2 Å². The zero-order valence-corrected chi connectivity index (χ0v) is 23.3. The minimum atomic E-state index is -0.213. The molecule has 0 spiro atoms. The van der Waals surface area contributed by atoms with Gasteiger partial charge in [0.15, 0.2) is 0 Å². The van der Waals surface area contributed by atoms with Crippen LogP contribution in [0.5, 0.6) is 11.5 Å². The van der Waals surface area contributed by atoms with E-state index in [4.69, 9.17) is 4.74 Å². The van der Waals surface area contributed by atoms with Crippen molar-refractivity contribution in [2.24, 2.45) is 23.7 Å². The summed E-state index contributed by atoms with van der Waals surface area (Å²) in [7, 11) is 0. The lowest BCUT2D eigenvalue weighted by Crippen LogP contribution is -2.37. The summed E-state index contributed by atoms with van der Waals surface area (Å²) in [6.45, 7) is 4.43. The van der Waals surface area contributed by atoms with Crippen LogP contribution in [0.15, 0.2) is 78.9 Å². The van der Waals surface area contributed by atoms with Crippen LogP contribution in [0.25, 0.3) is 0 Å². The number of nitrogens with zero attached hydrogens (tertiary/aromatic N) is 1. The first kappa shape index (κ1) is 23.9. The third-order valence-corrected chi connectivity index (χ3v) is 11.6. The summed E-state index contributed by atoms with van der Waals surface area (Å²) in [6, 6.07) is 25.9. The van der Waals surface area contributed by atoms with Crippen LogP contribution >= 0.6 is 31.9 Å². The zero-order valence-electron chi connectivity index (χ0n) is 20.1. The number of carbonyl (C=O) groups is 2. The predicted molar refractivity (Wildman–Crippen MR) is 148 cm³/mol. The van der Waals surface area contributed by atoms with Crippen molar-refractivity contribution in [3.63, 3.8) is 0 Å². The molecular weight excluding hydrogens is 582 g/mol. The molecule has 6 rings (SSSR count). The Labute approximate surface area is 228 Å². The van der Waals surface area contributed by atoms with Gasteiger partial charge >= 0.3 is 0 Å². The smallest absolute Gasteiger partial charge is 0.238 e. The van der Waals surface area contributed by atoms with Gasteiger partial charge in [0.2, 0.25) is 11.8 Å². The van der Waals surface area contributed by atoms with E-state index in [0.29, 0.717) is 11.4 Å². The second-order valence-corrected chi connectivity index (χ2v) is 12.7. The lowest BCUT2D eigenvalue weighted by atomic mass is 9.78. The number of imide groups is 1. The molecule has 0 unspecified atom stereocenters. The summed E-state index contributed by atoms with van der Waals surface area (Å²) in [4.78, 5) is 28.4. The summed E-state index contributed by atoms with van der Waals surface area (Å²) >= 11 is 7.49. The summed E-state index contributed by atoms with van der Waals surface area (Å²) in [5, 5.41) is 0. The zero-order chi connectivity index (χ0) is 25.2. The minimum Gasteiger partial charge on any atom is -0.457 e. The van der Waals surface area contributed by atoms with Gasteiger partial charge in [-0.1, -0.05) is 88.2 Å². The van der Waals surface area contributed by atoms with Crippen LogP contribution < -0.4 is 9.64 Å². The first-order valence-corrected chi connectivity index (χ1v) is 14.2. The second-order valence-electron chi connectivity index (χ2n) is 10.6. The molecule has 4 nitrogen and oxygen atoms in total.